The van der Waals surface area contributed by atoms with Gasteiger partial charge < -0.3 is 10.6 Å². The molecule has 0 saturated carbocycles. The molecule has 35 heavy (non-hydrogen) atoms. The van der Waals surface area contributed by atoms with E-state index in [4.69, 9.17) is 0 Å². The Morgan fingerprint density at radius 1 is 1.11 bits per heavy atom. The lowest BCUT2D eigenvalue weighted by Crippen LogP contribution is -2.15. The number of anilines is 2. The molecule has 1 aromatic heterocycles. The predicted molar refractivity (Wildman–Crippen MR) is 160 cm³/mol. The molecule has 3 N–H and O–H groups in total. The van der Waals surface area contributed by atoms with Crippen LogP contribution in [0.1, 0.15) is 22.2 Å². The molecule has 2 heterocycles. The number of aryl methyl sites for hydroxylation is 1. The number of rotatable bonds is 8. The summed E-state index contributed by atoms with van der Waals surface area (Å²) in [6.07, 6.45) is 4.10. The van der Waals surface area contributed by atoms with Crippen LogP contribution in [0.15, 0.2) is 106 Å². The summed E-state index contributed by atoms with van der Waals surface area (Å²) >= 11 is 7.02. The van der Waals surface area contributed by atoms with Crippen LogP contribution >= 0.6 is 35.7 Å². The van der Waals surface area contributed by atoms with Crippen molar-refractivity contribution in [1.29, 1.82) is 0 Å². The van der Waals surface area contributed by atoms with Gasteiger partial charge in [-0.25, -0.2) is 0 Å². The molecule has 2 aromatic carbocycles. The van der Waals surface area contributed by atoms with Crippen LogP contribution < -0.4 is 16.1 Å². The number of nitrogens with zero attached hydrogens (tertiary/aromatic N) is 1. The van der Waals surface area contributed by atoms with Crippen LogP contribution in [0, 0.1) is 6.92 Å². The first-order valence-electron chi connectivity index (χ1n) is 11.2. The minimum absolute atomic E-state index is 0.799. The Labute approximate surface area is 222 Å². The zero-order valence-corrected chi connectivity index (χ0v) is 23.1. The van der Waals surface area contributed by atoms with E-state index in [1.165, 1.54) is 20.9 Å². The van der Waals surface area contributed by atoms with Crippen LogP contribution in [0.25, 0.3) is 0 Å². The van der Waals surface area contributed by atoms with Gasteiger partial charge in [0.15, 0.2) is 0 Å². The third-order valence-electron chi connectivity index (χ3n) is 5.44. The van der Waals surface area contributed by atoms with Gasteiger partial charge in [0.25, 0.3) is 0 Å². The Kier molecular flexibility index (Phi) is 10.1. The Morgan fingerprint density at radius 3 is 2.54 bits per heavy atom. The van der Waals surface area contributed by atoms with Crippen molar-refractivity contribution in [3.8, 4) is 0 Å². The number of hydrogen-bond acceptors (Lipinski definition) is 7. The monoisotopic (exact) mass is 520 g/mol. The van der Waals surface area contributed by atoms with Gasteiger partial charge in [0, 0.05) is 34.4 Å². The first-order valence-corrected chi connectivity index (χ1v) is 13.8. The molecule has 0 radical (unpaired) electrons. The quantitative estimate of drug-likeness (QED) is 0.140. The second-order valence-electron chi connectivity index (χ2n) is 7.71. The van der Waals surface area contributed by atoms with Gasteiger partial charge in [-0.05, 0) is 79.0 Å². The van der Waals surface area contributed by atoms with Crippen molar-refractivity contribution >= 4 is 52.8 Å². The molecule has 1 aliphatic rings. The van der Waals surface area contributed by atoms with Gasteiger partial charge in [0.05, 0.1) is 10.6 Å². The maximum atomic E-state index is 4.68. The highest BCUT2D eigenvalue weighted by Gasteiger charge is 2.20. The summed E-state index contributed by atoms with van der Waals surface area (Å²) in [5.41, 5.74) is 10.8. The summed E-state index contributed by atoms with van der Waals surface area (Å²) < 4.78 is 0. The Balaban J connectivity index is 0.00000167. The van der Waals surface area contributed by atoms with Gasteiger partial charge in [-0.2, -0.15) is 17.7 Å². The van der Waals surface area contributed by atoms with Crippen LogP contribution in [0.3, 0.4) is 0 Å². The van der Waals surface area contributed by atoms with E-state index < -0.39 is 0 Å². The fourth-order valence-corrected chi connectivity index (χ4v) is 5.49. The van der Waals surface area contributed by atoms with E-state index in [9.17, 15) is 0 Å². The predicted octanol–water partition coefficient (Wildman–Crippen LogP) is 7.70. The van der Waals surface area contributed by atoms with Crippen molar-refractivity contribution in [1.82, 2.24) is 5.43 Å². The van der Waals surface area contributed by atoms with Crippen LogP contribution in [-0.2, 0) is 6.42 Å². The maximum Gasteiger partial charge on any atom is 0.104 e. The maximum absolute atomic E-state index is 4.68. The lowest BCUT2D eigenvalue weighted by Gasteiger charge is -2.24. The van der Waals surface area contributed by atoms with Crippen LogP contribution in [0.5, 0.6) is 0 Å². The summed E-state index contributed by atoms with van der Waals surface area (Å²) in [6, 6.07) is 21.2. The molecule has 4 rings (SSSR count). The normalized spacial score (nSPS) is 13.3. The highest BCUT2D eigenvalue weighted by molar-refractivity contribution is 8.02. The first kappa shape index (κ1) is 26.7. The minimum atomic E-state index is 0.799. The molecule has 0 spiro atoms. The SMILES string of the molecule is C=CN/N=C(\C(C)=C(/Cc1ccccc1)C1=CSc2cc(NC)ccc2N1)c1ccc(C)s1.CS. The topological polar surface area (TPSA) is 48.5 Å². The lowest BCUT2D eigenvalue weighted by molar-refractivity contribution is 0.969. The van der Waals surface area contributed by atoms with Crippen LogP contribution in [0.4, 0.5) is 11.4 Å². The number of allylic oxidation sites excluding steroid dienone is 2. The summed E-state index contributed by atoms with van der Waals surface area (Å²) in [5.74, 6) is 0. The molecule has 0 fully saturated rings. The fraction of sp³-hybridized carbons (Fsp3) is 0.179. The molecule has 7 heteroatoms. The number of benzene rings is 2. The van der Waals surface area contributed by atoms with Crippen molar-refractivity contribution in [3.63, 3.8) is 0 Å². The second kappa shape index (κ2) is 13.3. The molecule has 1 aliphatic heterocycles. The number of thioether (sulfide) groups is 1. The standard InChI is InChI=1S/C27H28N4S2.CH4S/c1-5-29-31-27(25-14-11-18(2)33-25)19(3)22(15-20-9-7-6-8-10-20)24-17-32-26-16-21(28-4)12-13-23(26)30-24;1-2/h5-14,16-17,28-30H,1,15H2,2-4H3;2H,1H3/b22-19+,31-27+;. The molecule has 3 aromatic rings. The molecule has 0 atom stereocenters. The fourth-order valence-electron chi connectivity index (χ4n) is 3.69. The van der Waals surface area contributed by atoms with Crippen molar-refractivity contribution < 1.29 is 0 Å². The summed E-state index contributed by atoms with van der Waals surface area (Å²) in [6.45, 7) is 8.05. The minimum Gasteiger partial charge on any atom is -0.388 e. The van der Waals surface area contributed by atoms with E-state index in [0.717, 1.165) is 39.7 Å². The average Bonchev–Trinajstić information content (AvgIpc) is 3.34. The second-order valence-corrected chi connectivity index (χ2v) is 9.90. The number of hydrazone groups is 1. The molecule has 0 saturated heterocycles. The van der Waals surface area contributed by atoms with E-state index in [1.54, 1.807) is 35.6 Å². The molecular formula is C28H32N4S3. The third kappa shape index (κ3) is 6.84. The molecule has 0 unspecified atom stereocenters. The van der Waals surface area contributed by atoms with E-state index >= 15 is 0 Å². The largest absolute Gasteiger partial charge is 0.388 e. The Hall–Kier alpha value is -2.87. The number of hydrogen-bond donors (Lipinski definition) is 4. The van der Waals surface area contributed by atoms with Crippen molar-refractivity contribution in [2.24, 2.45) is 5.10 Å². The highest BCUT2D eigenvalue weighted by atomic mass is 32.2. The lowest BCUT2D eigenvalue weighted by atomic mass is 9.95. The molecule has 182 valence electrons. The van der Waals surface area contributed by atoms with Gasteiger partial charge in [0.1, 0.15) is 5.71 Å². The number of nitrogens with one attached hydrogen (secondary N) is 3. The summed E-state index contributed by atoms with van der Waals surface area (Å²) in [5, 5.41) is 13.8. The smallest absolute Gasteiger partial charge is 0.104 e. The third-order valence-corrected chi connectivity index (χ3v) is 7.39. The van der Waals surface area contributed by atoms with Crippen LogP contribution in [0.2, 0.25) is 0 Å². The van der Waals surface area contributed by atoms with E-state index in [0.29, 0.717) is 0 Å². The summed E-state index contributed by atoms with van der Waals surface area (Å²) in [7, 11) is 1.94. The molecule has 0 bridgehead atoms. The zero-order chi connectivity index (χ0) is 25.2. The summed E-state index contributed by atoms with van der Waals surface area (Å²) in [4.78, 5) is 3.60. The zero-order valence-electron chi connectivity index (χ0n) is 20.6. The van der Waals surface area contributed by atoms with Gasteiger partial charge in [-0.1, -0.05) is 48.7 Å². The molecule has 4 nitrogen and oxygen atoms in total. The van der Waals surface area contributed by atoms with Gasteiger partial charge in [-0.3, -0.25) is 5.43 Å². The van der Waals surface area contributed by atoms with Gasteiger partial charge >= 0.3 is 0 Å². The van der Waals surface area contributed by atoms with E-state index in [2.05, 4.69) is 120 Å². The molecular weight excluding hydrogens is 489 g/mol. The van der Waals surface area contributed by atoms with E-state index in [-0.39, 0.29) is 0 Å². The van der Waals surface area contributed by atoms with E-state index in [1.807, 2.05) is 7.05 Å². The van der Waals surface area contributed by atoms with Gasteiger partial charge in [-0.15, -0.1) is 11.3 Å². The number of thiophene rings is 1. The van der Waals surface area contributed by atoms with Crippen molar-refractivity contribution in [3.05, 3.63) is 111 Å². The Bertz CT molecular complexity index is 1240. The highest BCUT2D eigenvalue weighted by Crippen LogP contribution is 2.39. The van der Waals surface area contributed by atoms with Crippen LogP contribution in [-0.4, -0.2) is 19.0 Å². The Morgan fingerprint density at radius 2 is 1.89 bits per heavy atom. The van der Waals surface area contributed by atoms with Gasteiger partial charge in [0.2, 0.25) is 0 Å². The number of fused-ring (bicyclic) bond motifs is 1. The molecule has 0 amide bonds. The average molecular weight is 521 g/mol. The first-order chi connectivity index (χ1) is 17.1. The number of thiol groups is 1. The molecule has 0 aliphatic carbocycles. The van der Waals surface area contributed by atoms with Crippen molar-refractivity contribution in [2.45, 2.75) is 25.2 Å². The van der Waals surface area contributed by atoms with Crippen molar-refractivity contribution in [2.75, 3.05) is 23.9 Å².